The number of halogens is 1. The summed E-state index contributed by atoms with van der Waals surface area (Å²) in [6.45, 7) is 0. The predicted octanol–water partition coefficient (Wildman–Crippen LogP) is 3.37. The number of aromatic nitrogens is 1. The van der Waals surface area contributed by atoms with E-state index < -0.39 is 0 Å². The highest BCUT2D eigenvalue weighted by molar-refractivity contribution is 9.11. The van der Waals surface area contributed by atoms with Gasteiger partial charge in [-0.15, -0.1) is 11.3 Å². The molecule has 3 rings (SSSR count). The van der Waals surface area contributed by atoms with Gasteiger partial charge in [0, 0.05) is 6.20 Å². The second-order valence-electron chi connectivity index (χ2n) is 3.76. The number of hydrogen-bond donors (Lipinski definition) is 1. The minimum atomic E-state index is -0.0873. The normalized spacial score (nSPS) is 14.5. The molecule has 0 aliphatic carbocycles. The monoisotopic (exact) mass is 321 g/mol. The Kier molecular flexibility index (Phi) is 2.97. The van der Waals surface area contributed by atoms with Crippen LogP contribution in [-0.2, 0) is 4.79 Å². The summed E-state index contributed by atoms with van der Waals surface area (Å²) in [6.07, 6.45) is 1.91. The van der Waals surface area contributed by atoms with Crippen molar-refractivity contribution in [1.82, 2.24) is 4.98 Å². The number of carbonyl (C=O) groups is 1. The van der Waals surface area contributed by atoms with Crippen LogP contribution in [-0.4, -0.2) is 16.6 Å². The number of carbonyl (C=O) groups excluding carboxylic acids is 1. The molecule has 1 N–H and O–H groups in total. The third-order valence-corrected chi connectivity index (χ3v) is 4.16. The van der Waals surface area contributed by atoms with Crippen molar-refractivity contribution in [2.45, 2.75) is 6.42 Å². The minimum absolute atomic E-state index is 0.0873. The zero-order valence-electron chi connectivity index (χ0n) is 9.18. The van der Waals surface area contributed by atoms with Crippen LogP contribution in [0.15, 0.2) is 39.2 Å². The maximum atomic E-state index is 11.8. The zero-order chi connectivity index (χ0) is 12.5. The van der Waals surface area contributed by atoms with Crippen molar-refractivity contribution < 1.29 is 4.79 Å². The Morgan fingerprint density at radius 3 is 3.00 bits per heavy atom. The Bertz CT molecular complexity index is 650. The highest BCUT2D eigenvalue weighted by Crippen LogP contribution is 2.29. The van der Waals surface area contributed by atoms with Gasteiger partial charge in [-0.05, 0) is 40.2 Å². The summed E-state index contributed by atoms with van der Waals surface area (Å²) in [4.78, 5) is 21.4. The molecular weight excluding hydrogens is 314 g/mol. The molecule has 6 heteroatoms. The summed E-state index contributed by atoms with van der Waals surface area (Å²) in [5.41, 5.74) is 1.47. The van der Waals surface area contributed by atoms with Gasteiger partial charge >= 0.3 is 0 Å². The Labute approximate surface area is 116 Å². The van der Waals surface area contributed by atoms with Crippen LogP contribution in [0.1, 0.15) is 11.3 Å². The fourth-order valence-corrected chi connectivity index (χ4v) is 3.08. The van der Waals surface area contributed by atoms with Crippen molar-refractivity contribution in [1.29, 1.82) is 0 Å². The maximum Gasteiger partial charge on any atom is 0.231 e. The van der Waals surface area contributed by atoms with E-state index in [-0.39, 0.29) is 12.3 Å². The van der Waals surface area contributed by atoms with Gasteiger partial charge in [-0.25, -0.2) is 9.98 Å². The van der Waals surface area contributed by atoms with Crippen LogP contribution in [0.25, 0.3) is 0 Å². The maximum absolute atomic E-state index is 11.8. The van der Waals surface area contributed by atoms with Crippen LogP contribution in [0.3, 0.4) is 0 Å². The van der Waals surface area contributed by atoms with E-state index in [0.29, 0.717) is 11.5 Å². The molecule has 4 nitrogen and oxygen atoms in total. The van der Waals surface area contributed by atoms with Crippen LogP contribution in [0, 0.1) is 0 Å². The zero-order valence-corrected chi connectivity index (χ0v) is 11.6. The lowest BCUT2D eigenvalue weighted by molar-refractivity contribution is -0.115. The fourth-order valence-electron chi connectivity index (χ4n) is 1.71. The van der Waals surface area contributed by atoms with E-state index in [4.69, 9.17) is 0 Å². The van der Waals surface area contributed by atoms with Crippen LogP contribution in [0.5, 0.6) is 0 Å². The minimum Gasteiger partial charge on any atom is -0.309 e. The SMILES string of the molecule is O=C1CC(c2ccc(Br)s2)=Nc2cccnc2N1. The van der Waals surface area contributed by atoms with Gasteiger partial charge < -0.3 is 5.32 Å². The molecule has 0 fully saturated rings. The van der Waals surface area contributed by atoms with Crippen molar-refractivity contribution in [3.05, 3.63) is 39.1 Å². The third kappa shape index (κ3) is 2.21. The van der Waals surface area contributed by atoms with Gasteiger partial charge in [0.25, 0.3) is 0 Å². The van der Waals surface area contributed by atoms with E-state index in [0.717, 1.165) is 14.4 Å². The van der Waals surface area contributed by atoms with Gasteiger partial charge in [0.2, 0.25) is 5.91 Å². The van der Waals surface area contributed by atoms with E-state index in [2.05, 4.69) is 31.2 Å². The molecule has 1 amide bonds. The number of hydrogen-bond acceptors (Lipinski definition) is 4. The summed E-state index contributed by atoms with van der Waals surface area (Å²) in [6, 6.07) is 7.57. The second kappa shape index (κ2) is 4.62. The first-order chi connectivity index (χ1) is 8.72. The van der Waals surface area contributed by atoms with E-state index in [1.807, 2.05) is 24.3 Å². The molecule has 1 aliphatic rings. The first-order valence-electron chi connectivity index (χ1n) is 5.30. The predicted molar refractivity (Wildman–Crippen MR) is 75.7 cm³/mol. The molecule has 0 saturated carbocycles. The van der Waals surface area contributed by atoms with E-state index >= 15 is 0 Å². The average molecular weight is 322 g/mol. The fraction of sp³-hybridized carbons (Fsp3) is 0.0833. The molecule has 0 saturated heterocycles. The second-order valence-corrected chi connectivity index (χ2v) is 6.22. The standard InChI is InChI=1S/C12H8BrN3OS/c13-10-4-3-9(18-10)8-6-11(17)16-12-7(15-8)2-1-5-14-12/h1-5H,6H2,(H,14,16,17). The quantitative estimate of drug-likeness (QED) is 0.875. The van der Waals surface area contributed by atoms with Gasteiger partial charge in [-0.1, -0.05) is 0 Å². The molecule has 0 atom stereocenters. The van der Waals surface area contributed by atoms with Crippen molar-refractivity contribution in [3.63, 3.8) is 0 Å². The van der Waals surface area contributed by atoms with E-state index in [1.54, 1.807) is 17.5 Å². The van der Waals surface area contributed by atoms with Gasteiger partial charge in [0.15, 0.2) is 5.82 Å². The summed E-state index contributed by atoms with van der Waals surface area (Å²) in [7, 11) is 0. The molecule has 0 spiro atoms. The Morgan fingerprint density at radius 1 is 1.33 bits per heavy atom. The number of nitrogens with one attached hydrogen (secondary N) is 1. The first kappa shape index (κ1) is 11.6. The van der Waals surface area contributed by atoms with E-state index in [1.165, 1.54) is 0 Å². The highest BCUT2D eigenvalue weighted by Gasteiger charge is 2.18. The summed E-state index contributed by atoms with van der Waals surface area (Å²) < 4.78 is 1.02. The smallest absolute Gasteiger partial charge is 0.231 e. The molecule has 1 aliphatic heterocycles. The summed E-state index contributed by atoms with van der Waals surface area (Å²) in [5, 5.41) is 2.76. The number of amides is 1. The topological polar surface area (TPSA) is 54.4 Å². The first-order valence-corrected chi connectivity index (χ1v) is 6.91. The summed E-state index contributed by atoms with van der Waals surface area (Å²) >= 11 is 4.98. The van der Waals surface area contributed by atoms with Crippen molar-refractivity contribution >= 4 is 50.4 Å². The van der Waals surface area contributed by atoms with Gasteiger partial charge in [0.1, 0.15) is 5.69 Å². The molecule has 0 bridgehead atoms. The molecule has 18 heavy (non-hydrogen) atoms. The Morgan fingerprint density at radius 2 is 2.22 bits per heavy atom. The number of fused-ring (bicyclic) bond motifs is 1. The van der Waals surface area contributed by atoms with Crippen molar-refractivity contribution in [2.75, 3.05) is 5.32 Å². The van der Waals surface area contributed by atoms with Crippen molar-refractivity contribution in [2.24, 2.45) is 4.99 Å². The number of thiophene rings is 1. The largest absolute Gasteiger partial charge is 0.309 e. The molecule has 3 heterocycles. The van der Waals surface area contributed by atoms with Crippen LogP contribution in [0.2, 0.25) is 0 Å². The Balaban J connectivity index is 2.10. The number of pyridine rings is 1. The molecular formula is C12H8BrN3OS. The van der Waals surface area contributed by atoms with Crippen LogP contribution >= 0.6 is 27.3 Å². The number of rotatable bonds is 1. The molecule has 0 aromatic carbocycles. The van der Waals surface area contributed by atoms with Gasteiger partial charge in [-0.2, -0.15) is 0 Å². The molecule has 2 aromatic rings. The van der Waals surface area contributed by atoms with Crippen LogP contribution in [0.4, 0.5) is 11.5 Å². The Hall–Kier alpha value is -1.53. The molecule has 0 radical (unpaired) electrons. The van der Waals surface area contributed by atoms with Gasteiger partial charge in [0.05, 0.1) is 20.8 Å². The van der Waals surface area contributed by atoms with Gasteiger partial charge in [-0.3, -0.25) is 4.79 Å². The summed E-state index contributed by atoms with van der Waals surface area (Å²) in [5.74, 6) is 0.434. The molecule has 2 aromatic heterocycles. The third-order valence-electron chi connectivity index (χ3n) is 2.49. The lowest BCUT2D eigenvalue weighted by Crippen LogP contribution is -2.14. The number of anilines is 1. The van der Waals surface area contributed by atoms with Crippen molar-refractivity contribution in [3.8, 4) is 0 Å². The lowest BCUT2D eigenvalue weighted by atomic mass is 10.2. The number of aliphatic imine (C=N–C) groups is 1. The number of nitrogens with zero attached hydrogens (tertiary/aromatic N) is 2. The average Bonchev–Trinajstić information content (AvgIpc) is 2.70. The molecule has 90 valence electrons. The van der Waals surface area contributed by atoms with E-state index in [9.17, 15) is 4.79 Å². The highest BCUT2D eigenvalue weighted by atomic mass is 79.9. The van der Waals surface area contributed by atoms with Crippen LogP contribution < -0.4 is 5.32 Å². The lowest BCUT2D eigenvalue weighted by Gasteiger charge is -2.00. The molecule has 0 unspecified atom stereocenters.